The molecule has 0 aliphatic heterocycles. The fourth-order valence-corrected chi connectivity index (χ4v) is 1.76. The summed E-state index contributed by atoms with van der Waals surface area (Å²) in [4.78, 5) is 11.7. The van der Waals surface area contributed by atoms with Crippen molar-refractivity contribution in [3.05, 3.63) is 28.2 Å². The van der Waals surface area contributed by atoms with Crippen LogP contribution < -0.4 is 5.32 Å². The highest BCUT2D eigenvalue weighted by Crippen LogP contribution is 2.22. The van der Waals surface area contributed by atoms with Crippen molar-refractivity contribution in [2.45, 2.75) is 0 Å². The number of rotatable bonds is 2. The van der Waals surface area contributed by atoms with Crippen molar-refractivity contribution in [2.24, 2.45) is 0 Å². The number of aromatic nitrogens is 3. The first-order valence-corrected chi connectivity index (χ1v) is 5.68. The molecular weight excluding hydrogens is 296 g/mol. The highest BCUT2D eigenvalue weighted by atomic mass is 79.9. The van der Waals surface area contributed by atoms with Crippen LogP contribution in [0.25, 0.3) is 0 Å². The number of nitrogens with one attached hydrogen (secondary N) is 1. The van der Waals surface area contributed by atoms with Gasteiger partial charge in [0.05, 0.1) is 5.56 Å². The van der Waals surface area contributed by atoms with Gasteiger partial charge in [-0.25, -0.2) is 0 Å². The summed E-state index contributed by atoms with van der Waals surface area (Å²) in [6.07, 6.45) is 0. The topological polar surface area (TPSA) is 88.0 Å². The number of phenolic OH excluding ortho intramolecular Hbond substituents is 1. The number of phenols is 1. The molecule has 2 aromatic rings. The molecule has 0 unspecified atom stereocenters. The zero-order valence-corrected chi connectivity index (χ0v) is 10.1. The fourth-order valence-electron chi connectivity index (χ4n) is 1.04. The van der Waals surface area contributed by atoms with E-state index in [2.05, 4.69) is 36.0 Å². The summed E-state index contributed by atoms with van der Waals surface area (Å²) in [5.41, 5.74) is 0.157. The molecule has 82 valence electrons. The van der Waals surface area contributed by atoms with Gasteiger partial charge in [0.15, 0.2) is 0 Å². The predicted octanol–water partition coefficient (Wildman–Crippen LogP) is 1.65. The van der Waals surface area contributed by atoms with Crippen LogP contribution in [0.3, 0.4) is 0 Å². The summed E-state index contributed by atoms with van der Waals surface area (Å²) >= 11 is 4.17. The molecule has 0 spiro atoms. The number of aromatic hydroxyl groups is 1. The number of nitrogens with zero attached hydrogens (tertiary/aromatic N) is 3. The minimum atomic E-state index is -0.461. The summed E-state index contributed by atoms with van der Waals surface area (Å²) < 4.78 is 4.20. The predicted molar refractivity (Wildman–Crippen MR) is 61.5 cm³/mol. The van der Waals surface area contributed by atoms with E-state index in [-0.39, 0.29) is 16.4 Å². The molecule has 0 fully saturated rings. The van der Waals surface area contributed by atoms with Crippen molar-refractivity contribution < 1.29 is 9.90 Å². The van der Waals surface area contributed by atoms with Gasteiger partial charge in [0.25, 0.3) is 5.91 Å². The quantitative estimate of drug-likeness (QED) is 0.880. The average molecular weight is 301 g/mol. The highest BCUT2D eigenvalue weighted by Gasteiger charge is 2.13. The van der Waals surface area contributed by atoms with Crippen LogP contribution >= 0.6 is 27.5 Å². The second-order valence-electron chi connectivity index (χ2n) is 2.78. The van der Waals surface area contributed by atoms with Crippen LogP contribution in [-0.2, 0) is 0 Å². The summed E-state index contributed by atoms with van der Waals surface area (Å²) in [6, 6.07) is 4.58. The number of benzene rings is 1. The molecule has 0 radical (unpaired) electrons. The van der Waals surface area contributed by atoms with Crippen LogP contribution in [0.1, 0.15) is 10.4 Å². The minimum absolute atomic E-state index is 0.0989. The molecule has 1 amide bonds. The molecule has 16 heavy (non-hydrogen) atoms. The maximum Gasteiger partial charge on any atom is 0.261 e. The Labute approximate surface area is 103 Å². The van der Waals surface area contributed by atoms with Crippen LogP contribution in [0.5, 0.6) is 5.75 Å². The van der Waals surface area contributed by atoms with Crippen LogP contribution in [-0.4, -0.2) is 25.8 Å². The standard InChI is InChI=1S/C8H5BrN4O2S/c9-4-1-2-6(14)5(3-4)7(15)10-8-11-12-13-16-8/h1-3,14H,(H,10,11,13,15). The number of carbonyl (C=O) groups excluding carboxylic acids is 1. The van der Waals surface area contributed by atoms with E-state index in [1.165, 1.54) is 12.1 Å². The van der Waals surface area contributed by atoms with Gasteiger partial charge in [0.2, 0.25) is 5.13 Å². The second kappa shape index (κ2) is 4.54. The first kappa shape index (κ1) is 11.0. The lowest BCUT2D eigenvalue weighted by Crippen LogP contribution is -2.11. The number of hydrogen-bond donors (Lipinski definition) is 2. The largest absolute Gasteiger partial charge is 0.507 e. The smallest absolute Gasteiger partial charge is 0.261 e. The van der Waals surface area contributed by atoms with E-state index in [1.807, 2.05) is 0 Å². The molecule has 2 N–H and O–H groups in total. The first-order valence-electron chi connectivity index (χ1n) is 4.12. The van der Waals surface area contributed by atoms with E-state index in [0.717, 1.165) is 11.5 Å². The number of carbonyl (C=O) groups is 1. The number of halogens is 1. The van der Waals surface area contributed by atoms with Gasteiger partial charge in [-0.1, -0.05) is 25.5 Å². The lowest BCUT2D eigenvalue weighted by atomic mass is 10.2. The molecule has 0 atom stereocenters. The number of anilines is 1. The van der Waals surface area contributed by atoms with Crippen molar-refractivity contribution >= 4 is 38.5 Å². The van der Waals surface area contributed by atoms with E-state index < -0.39 is 5.91 Å². The highest BCUT2D eigenvalue weighted by molar-refractivity contribution is 9.10. The Morgan fingerprint density at radius 2 is 2.31 bits per heavy atom. The Balaban J connectivity index is 2.24. The summed E-state index contributed by atoms with van der Waals surface area (Å²) in [6.45, 7) is 0. The molecule has 6 nitrogen and oxygen atoms in total. The maximum absolute atomic E-state index is 11.7. The van der Waals surface area contributed by atoms with Crippen molar-refractivity contribution in [1.29, 1.82) is 0 Å². The molecule has 0 saturated heterocycles. The van der Waals surface area contributed by atoms with Crippen molar-refractivity contribution in [3.8, 4) is 5.75 Å². The molecule has 8 heteroatoms. The second-order valence-corrected chi connectivity index (χ2v) is 4.43. The molecule has 1 aromatic carbocycles. The fraction of sp³-hybridized carbons (Fsp3) is 0. The molecule has 1 aromatic heterocycles. The van der Waals surface area contributed by atoms with Gasteiger partial charge in [-0.05, 0) is 23.4 Å². The molecule has 0 aliphatic carbocycles. The van der Waals surface area contributed by atoms with Gasteiger partial charge in [-0.15, -0.1) is 0 Å². The Morgan fingerprint density at radius 3 is 3.00 bits per heavy atom. The minimum Gasteiger partial charge on any atom is -0.507 e. The Morgan fingerprint density at radius 1 is 1.50 bits per heavy atom. The molecule has 0 saturated carbocycles. The van der Waals surface area contributed by atoms with E-state index in [0.29, 0.717) is 4.47 Å². The monoisotopic (exact) mass is 300 g/mol. The van der Waals surface area contributed by atoms with Crippen LogP contribution in [0.15, 0.2) is 22.7 Å². The van der Waals surface area contributed by atoms with Gasteiger partial charge < -0.3 is 5.11 Å². The van der Waals surface area contributed by atoms with Crippen molar-refractivity contribution in [2.75, 3.05) is 5.32 Å². The van der Waals surface area contributed by atoms with Crippen molar-refractivity contribution in [3.63, 3.8) is 0 Å². The van der Waals surface area contributed by atoms with E-state index >= 15 is 0 Å². The lowest BCUT2D eigenvalue weighted by Gasteiger charge is -2.03. The van der Waals surface area contributed by atoms with Gasteiger partial charge in [0, 0.05) is 16.0 Å². The van der Waals surface area contributed by atoms with Gasteiger partial charge >= 0.3 is 0 Å². The SMILES string of the molecule is O=C(Nc1nnns1)c1cc(Br)ccc1O. The third kappa shape index (κ3) is 2.34. The zero-order valence-electron chi connectivity index (χ0n) is 7.72. The van der Waals surface area contributed by atoms with Crippen LogP contribution in [0, 0.1) is 0 Å². The van der Waals surface area contributed by atoms with Gasteiger partial charge in [-0.3, -0.25) is 10.1 Å². The third-order valence-corrected chi connectivity index (χ3v) is 2.73. The van der Waals surface area contributed by atoms with Gasteiger partial charge in [-0.2, -0.15) is 0 Å². The lowest BCUT2D eigenvalue weighted by molar-refractivity contribution is 0.102. The Hall–Kier alpha value is -1.54. The normalized spacial score (nSPS) is 10.1. The molecule has 1 heterocycles. The zero-order chi connectivity index (χ0) is 11.5. The first-order chi connectivity index (χ1) is 7.66. The average Bonchev–Trinajstić information content (AvgIpc) is 2.74. The Kier molecular flexibility index (Phi) is 3.11. The molecule has 0 aliphatic rings. The summed E-state index contributed by atoms with van der Waals surface area (Å²) in [5, 5.41) is 19.2. The summed E-state index contributed by atoms with van der Waals surface area (Å²) in [5.74, 6) is -0.560. The van der Waals surface area contributed by atoms with Crippen LogP contribution in [0.4, 0.5) is 5.13 Å². The Bertz CT molecular complexity index is 517. The summed E-state index contributed by atoms with van der Waals surface area (Å²) in [7, 11) is 0. The molecule has 0 bridgehead atoms. The number of hydrogen-bond acceptors (Lipinski definition) is 6. The van der Waals surface area contributed by atoms with Crippen molar-refractivity contribution in [1.82, 2.24) is 14.8 Å². The van der Waals surface area contributed by atoms with Gasteiger partial charge in [0.1, 0.15) is 5.75 Å². The van der Waals surface area contributed by atoms with Crippen LogP contribution in [0.2, 0.25) is 0 Å². The molecular formula is C8H5BrN4O2S. The van der Waals surface area contributed by atoms with E-state index in [4.69, 9.17) is 0 Å². The maximum atomic E-state index is 11.7. The van der Waals surface area contributed by atoms with E-state index in [9.17, 15) is 9.90 Å². The third-order valence-electron chi connectivity index (χ3n) is 1.72. The van der Waals surface area contributed by atoms with E-state index in [1.54, 1.807) is 6.07 Å². The molecule has 2 rings (SSSR count). The number of amides is 1.